The molecule has 1 aliphatic carbocycles. The first-order valence-corrected chi connectivity index (χ1v) is 13.5. The van der Waals surface area contributed by atoms with E-state index in [0.717, 1.165) is 5.56 Å². The van der Waals surface area contributed by atoms with Crippen molar-refractivity contribution in [3.05, 3.63) is 63.4 Å². The van der Waals surface area contributed by atoms with Gasteiger partial charge in [-0.3, -0.25) is 9.59 Å². The summed E-state index contributed by atoms with van der Waals surface area (Å²) in [4.78, 5) is 27.9. The van der Waals surface area contributed by atoms with Gasteiger partial charge in [0.25, 0.3) is 0 Å². The molecule has 1 saturated heterocycles. The molecule has 6 atom stereocenters. The number of hydrogen-bond acceptors (Lipinski definition) is 4. The van der Waals surface area contributed by atoms with Crippen LogP contribution in [-0.2, 0) is 15.0 Å². The van der Waals surface area contributed by atoms with Crippen LogP contribution in [0, 0.1) is 11.2 Å². The third-order valence-electron chi connectivity index (χ3n) is 7.96. The third-order valence-corrected chi connectivity index (χ3v) is 8.48. The first-order chi connectivity index (χ1) is 17.4. The van der Waals surface area contributed by atoms with E-state index in [1.54, 1.807) is 18.2 Å². The molecule has 3 aliphatic rings. The van der Waals surface area contributed by atoms with E-state index in [9.17, 15) is 19.1 Å². The summed E-state index contributed by atoms with van der Waals surface area (Å²) in [6.07, 6.45) is 1.97. The van der Waals surface area contributed by atoms with E-state index in [4.69, 9.17) is 23.2 Å². The maximum Gasteiger partial charge on any atom is 0.238 e. The van der Waals surface area contributed by atoms with Crippen LogP contribution in [0.25, 0.3) is 0 Å². The summed E-state index contributed by atoms with van der Waals surface area (Å²) < 4.78 is 14.2. The van der Waals surface area contributed by atoms with Crippen LogP contribution in [0.4, 0.5) is 10.1 Å². The second-order valence-corrected chi connectivity index (χ2v) is 12.6. The molecule has 1 unspecified atom stereocenters. The summed E-state index contributed by atoms with van der Waals surface area (Å²) in [7, 11) is 0. The lowest BCUT2D eigenvalue weighted by atomic mass is 9.62. The van der Waals surface area contributed by atoms with Gasteiger partial charge in [-0.25, -0.2) is 4.39 Å². The number of benzene rings is 2. The predicted octanol–water partition coefficient (Wildman–Crippen LogP) is 4.91. The minimum absolute atomic E-state index is 0.0697. The van der Waals surface area contributed by atoms with E-state index in [1.165, 1.54) is 12.1 Å². The fourth-order valence-corrected chi connectivity index (χ4v) is 6.87. The lowest BCUT2D eigenvalue weighted by Crippen LogP contribution is -2.49. The van der Waals surface area contributed by atoms with E-state index < -0.39 is 35.3 Å². The molecule has 4 N–H and O–H groups in total. The molecule has 0 bridgehead atoms. The number of hydrogen-bond donors (Lipinski definition) is 4. The van der Waals surface area contributed by atoms with Crippen LogP contribution in [-0.4, -0.2) is 41.2 Å². The Morgan fingerprint density at radius 3 is 2.59 bits per heavy atom. The van der Waals surface area contributed by atoms with E-state index in [-0.39, 0.29) is 28.3 Å². The van der Waals surface area contributed by atoms with Gasteiger partial charge in [0, 0.05) is 28.7 Å². The molecule has 9 heteroatoms. The van der Waals surface area contributed by atoms with Gasteiger partial charge in [-0.1, -0.05) is 56.1 Å². The summed E-state index contributed by atoms with van der Waals surface area (Å²) in [5, 5.41) is 20.0. The van der Waals surface area contributed by atoms with Crippen molar-refractivity contribution in [2.45, 2.75) is 82.0 Å². The average molecular weight is 548 g/mol. The molecule has 37 heavy (non-hydrogen) atoms. The van der Waals surface area contributed by atoms with Crippen LogP contribution in [0.1, 0.15) is 63.5 Å². The van der Waals surface area contributed by atoms with Crippen molar-refractivity contribution >= 4 is 40.7 Å². The molecule has 6 nitrogen and oxygen atoms in total. The molecule has 2 aromatic carbocycles. The predicted molar refractivity (Wildman–Crippen MR) is 142 cm³/mol. The summed E-state index contributed by atoms with van der Waals surface area (Å²) >= 11 is 12.5. The highest BCUT2D eigenvalue weighted by Crippen LogP contribution is 2.56. The maximum absolute atomic E-state index is 14.2. The molecule has 198 valence electrons. The highest BCUT2D eigenvalue weighted by molar-refractivity contribution is 6.31. The summed E-state index contributed by atoms with van der Waals surface area (Å²) in [5.41, 5.74) is 0.620. The lowest BCUT2D eigenvalue weighted by Gasteiger charge is -2.37. The number of anilines is 1. The van der Waals surface area contributed by atoms with Gasteiger partial charge >= 0.3 is 0 Å². The molecular formula is C28H32Cl2FN3O3. The first-order valence-electron chi connectivity index (χ1n) is 12.7. The number of nitrogens with one attached hydrogen (secondary N) is 3. The highest BCUT2D eigenvalue weighted by Gasteiger charge is 2.65. The molecule has 0 radical (unpaired) electrons. The van der Waals surface area contributed by atoms with Crippen molar-refractivity contribution in [3.63, 3.8) is 0 Å². The Kier molecular flexibility index (Phi) is 6.80. The smallest absolute Gasteiger partial charge is 0.238 e. The Balaban J connectivity index is 1.68. The Morgan fingerprint density at radius 1 is 1.19 bits per heavy atom. The van der Waals surface area contributed by atoms with Gasteiger partial charge in [0.15, 0.2) is 0 Å². The number of amides is 2. The van der Waals surface area contributed by atoms with Gasteiger partial charge in [0.2, 0.25) is 11.8 Å². The van der Waals surface area contributed by atoms with Crippen LogP contribution in [0.3, 0.4) is 0 Å². The topological polar surface area (TPSA) is 90.5 Å². The molecule has 5 rings (SSSR count). The largest absolute Gasteiger partial charge is 0.393 e. The lowest BCUT2D eigenvalue weighted by molar-refractivity contribution is -0.124. The highest BCUT2D eigenvalue weighted by atomic mass is 35.5. The molecule has 2 aromatic rings. The molecule has 1 saturated carbocycles. The SMILES string of the molecule is CC(C)(C)C[C@H]1N[C@@H](C(=O)NC2CC[C@@H](O)C2)[C@H](c2ccc(F)c(Cl)c2)[C@@]12C(=O)Nc1cc(Cl)ccc12. The van der Waals surface area contributed by atoms with Crippen LogP contribution in [0.5, 0.6) is 0 Å². The van der Waals surface area contributed by atoms with Crippen molar-refractivity contribution in [3.8, 4) is 0 Å². The minimum Gasteiger partial charge on any atom is -0.393 e. The molecule has 2 amide bonds. The van der Waals surface area contributed by atoms with Gasteiger partial charge in [0.1, 0.15) is 11.2 Å². The Labute approximate surface area is 226 Å². The van der Waals surface area contributed by atoms with E-state index in [0.29, 0.717) is 42.0 Å². The van der Waals surface area contributed by atoms with Gasteiger partial charge < -0.3 is 21.1 Å². The quantitative estimate of drug-likeness (QED) is 0.437. The zero-order valence-electron chi connectivity index (χ0n) is 21.1. The minimum atomic E-state index is -1.16. The van der Waals surface area contributed by atoms with Gasteiger partial charge in [-0.2, -0.15) is 0 Å². The molecular weight excluding hydrogens is 516 g/mol. The van der Waals surface area contributed by atoms with Crippen molar-refractivity contribution in [2.24, 2.45) is 5.41 Å². The number of aliphatic hydroxyl groups is 1. The van der Waals surface area contributed by atoms with Crippen LogP contribution in [0.2, 0.25) is 10.0 Å². The number of aliphatic hydroxyl groups excluding tert-OH is 1. The van der Waals surface area contributed by atoms with Crippen molar-refractivity contribution < 1.29 is 19.1 Å². The van der Waals surface area contributed by atoms with Crippen molar-refractivity contribution in [1.29, 1.82) is 0 Å². The number of halogens is 3. The van der Waals surface area contributed by atoms with Crippen molar-refractivity contribution in [2.75, 3.05) is 5.32 Å². The van der Waals surface area contributed by atoms with E-state index >= 15 is 0 Å². The monoisotopic (exact) mass is 547 g/mol. The zero-order valence-corrected chi connectivity index (χ0v) is 22.6. The van der Waals surface area contributed by atoms with E-state index in [2.05, 4.69) is 36.7 Å². The standard InChI is InChI=1S/C28H32Cl2FN3O3/c1-27(2,3)13-22-28(18-8-5-15(29)11-21(18)33-26(28)37)23(14-4-9-20(31)19(30)10-14)24(34-22)25(36)32-16-6-7-17(35)12-16/h4-5,8-11,16-17,22-24,34-35H,6-7,12-13H2,1-3H3,(H,32,36)(H,33,37)/t16?,17-,22-,23+,24-,28+/m1/s1. The summed E-state index contributed by atoms with van der Waals surface area (Å²) in [6.45, 7) is 6.28. The van der Waals surface area contributed by atoms with Crippen LogP contribution < -0.4 is 16.0 Å². The van der Waals surface area contributed by atoms with Crippen molar-refractivity contribution in [1.82, 2.24) is 10.6 Å². The second kappa shape index (κ2) is 9.53. The maximum atomic E-state index is 14.2. The van der Waals surface area contributed by atoms with Gasteiger partial charge in [-0.15, -0.1) is 0 Å². The summed E-state index contributed by atoms with van der Waals surface area (Å²) in [5.74, 6) is -1.73. The Bertz CT molecular complexity index is 1250. The second-order valence-electron chi connectivity index (χ2n) is 11.8. The Hall–Kier alpha value is -2.19. The van der Waals surface area contributed by atoms with E-state index in [1.807, 2.05) is 6.07 Å². The summed E-state index contributed by atoms with van der Waals surface area (Å²) in [6, 6.07) is 8.37. The number of carbonyl (C=O) groups is 2. The molecule has 0 aromatic heterocycles. The Morgan fingerprint density at radius 2 is 1.95 bits per heavy atom. The average Bonchev–Trinajstić information content (AvgIpc) is 3.44. The van der Waals surface area contributed by atoms with Gasteiger partial charge in [0.05, 0.1) is 17.2 Å². The fraction of sp³-hybridized carbons (Fsp3) is 0.500. The molecule has 2 aliphatic heterocycles. The normalized spacial score (nSPS) is 31.0. The van der Waals surface area contributed by atoms with Gasteiger partial charge in [-0.05, 0) is 66.5 Å². The number of rotatable bonds is 4. The number of fused-ring (bicyclic) bond motifs is 2. The molecule has 1 spiro atoms. The first kappa shape index (κ1) is 26.4. The van der Waals surface area contributed by atoms with Crippen LogP contribution >= 0.6 is 23.2 Å². The molecule has 2 fully saturated rings. The molecule has 2 heterocycles. The third kappa shape index (κ3) is 4.65. The van der Waals surface area contributed by atoms with Crippen LogP contribution in [0.15, 0.2) is 36.4 Å². The zero-order chi connectivity index (χ0) is 26.7. The number of carbonyl (C=O) groups excluding carboxylic acids is 2. The fourth-order valence-electron chi connectivity index (χ4n) is 6.51.